The first kappa shape index (κ1) is 13.2. The van der Waals surface area contributed by atoms with Crippen LogP contribution in [-0.2, 0) is 0 Å². The van der Waals surface area contributed by atoms with Gasteiger partial charge in [-0.3, -0.25) is 0 Å². The van der Waals surface area contributed by atoms with Gasteiger partial charge in [0, 0.05) is 27.8 Å². The maximum atomic E-state index is 4.12. The fourth-order valence-electron chi connectivity index (χ4n) is 1.88. The predicted molar refractivity (Wildman–Crippen MR) is 91.7 cm³/mol. The van der Waals surface area contributed by atoms with E-state index in [9.17, 15) is 0 Å². The molecule has 0 unspecified atom stereocenters. The van der Waals surface area contributed by atoms with Gasteiger partial charge in [0.05, 0.1) is 0 Å². The average Bonchev–Trinajstić information content (AvgIpc) is 2.85. The first-order chi connectivity index (χ1) is 9.93. The summed E-state index contributed by atoms with van der Waals surface area (Å²) in [6, 6.07) is 18.8. The molecule has 4 rings (SSSR count). The van der Waals surface area contributed by atoms with Crippen LogP contribution in [0.4, 0.5) is 0 Å². The van der Waals surface area contributed by atoms with E-state index in [-0.39, 0.29) is 0 Å². The number of thiophene rings is 1. The number of allylic oxidation sites excluding steroid dienone is 1. The largest absolute Gasteiger partial charge is 0.219 e. The van der Waals surface area contributed by atoms with Crippen molar-refractivity contribution in [2.45, 2.75) is 4.90 Å². The molecule has 2 aromatic carbocycles. The van der Waals surface area contributed by atoms with E-state index in [1.165, 1.54) is 32.5 Å². The Balaban J connectivity index is 0.000000123. The normalized spacial score (nSPS) is 12.4. The van der Waals surface area contributed by atoms with Gasteiger partial charge in [0.15, 0.2) is 0 Å². The van der Waals surface area contributed by atoms with Gasteiger partial charge in [-0.2, -0.15) is 0 Å². The Morgan fingerprint density at radius 3 is 2.65 bits per heavy atom. The van der Waals surface area contributed by atoms with Crippen molar-refractivity contribution in [3.8, 4) is 0 Å². The van der Waals surface area contributed by atoms with Crippen LogP contribution in [0.25, 0.3) is 16.2 Å². The fraction of sp³-hybridized carbons (Fsp3) is 0. The van der Waals surface area contributed by atoms with Gasteiger partial charge in [0.25, 0.3) is 0 Å². The number of nitrogens with zero attached hydrogens (tertiary/aromatic N) is 1. The van der Waals surface area contributed by atoms with Crippen LogP contribution in [0.15, 0.2) is 75.3 Å². The second kappa shape index (κ2) is 6.55. The van der Waals surface area contributed by atoms with Gasteiger partial charge in [-0.15, -0.1) is 11.3 Å². The zero-order chi connectivity index (χ0) is 13.6. The van der Waals surface area contributed by atoms with Crippen molar-refractivity contribution < 1.29 is 0 Å². The molecular formula is C17H13NS2. The molecule has 98 valence electrons. The molecule has 1 aliphatic rings. The SMILES string of the molecule is C1=Cc2ccccc2SN=C1.c1ccc2sccc2c1. The molecule has 0 atom stereocenters. The summed E-state index contributed by atoms with van der Waals surface area (Å²) in [6.07, 6.45) is 5.84. The Hall–Kier alpha value is -1.84. The molecule has 0 fully saturated rings. The van der Waals surface area contributed by atoms with Crippen molar-refractivity contribution in [2.24, 2.45) is 4.40 Å². The highest BCUT2D eigenvalue weighted by molar-refractivity contribution is 7.98. The van der Waals surface area contributed by atoms with Crippen molar-refractivity contribution in [2.75, 3.05) is 0 Å². The molecule has 2 heterocycles. The van der Waals surface area contributed by atoms with E-state index < -0.39 is 0 Å². The first-order valence-electron chi connectivity index (χ1n) is 6.32. The number of rotatable bonds is 0. The van der Waals surface area contributed by atoms with E-state index >= 15 is 0 Å². The third-order valence-corrected chi connectivity index (χ3v) is 4.55. The number of hydrogen-bond acceptors (Lipinski definition) is 3. The van der Waals surface area contributed by atoms with Crippen LogP contribution in [0.2, 0.25) is 0 Å². The van der Waals surface area contributed by atoms with E-state index in [4.69, 9.17) is 0 Å². The molecule has 0 radical (unpaired) electrons. The Bertz CT molecular complexity index is 726. The van der Waals surface area contributed by atoms with E-state index in [1.807, 2.05) is 24.4 Å². The third kappa shape index (κ3) is 3.18. The molecule has 3 aromatic rings. The van der Waals surface area contributed by atoms with Crippen LogP contribution in [0.5, 0.6) is 0 Å². The van der Waals surface area contributed by atoms with E-state index in [0.29, 0.717) is 0 Å². The van der Waals surface area contributed by atoms with Crippen LogP contribution in [0.3, 0.4) is 0 Å². The van der Waals surface area contributed by atoms with Gasteiger partial charge in [0.2, 0.25) is 0 Å². The molecule has 1 nitrogen and oxygen atoms in total. The summed E-state index contributed by atoms with van der Waals surface area (Å²) < 4.78 is 5.49. The lowest BCUT2D eigenvalue weighted by Gasteiger charge is -1.97. The van der Waals surface area contributed by atoms with Crippen LogP contribution in [-0.4, -0.2) is 6.21 Å². The number of hydrogen-bond donors (Lipinski definition) is 0. The summed E-state index contributed by atoms with van der Waals surface area (Å²) in [7, 11) is 0. The lowest BCUT2D eigenvalue weighted by atomic mass is 10.2. The minimum Gasteiger partial charge on any atom is -0.219 e. The second-order valence-electron chi connectivity index (χ2n) is 4.20. The highest BCUT2D eigenvalue weighted by Crippen LogP contribution is 2.25. The zero-order valence-corrected chi connectivity index (χ0v) is 12.4. The quantitative estimate of drug-likeness (QED) is 0.485. The molecule has 3 heteroatoms. The van der Waals surface area contributed by atoms with Crippen LogP contribution in [0.1, 0.15) is 5.56 Å². The molecule has 0 saturated heterocycles. The van der Waals surface area contributed by atoms with Gasteiger partial charge >= 0.3 is 0 Å². The van der Waals surface area contributed by atoms with Crippen LogP contribution in [0, 0.1) is 0 Å². The summed E-state index contributed by atoms with van der Waals surface area (Å²) in [5, 5.41) is 3.47. The van der Waals surface area contributed by atoms with Crippen molar-refractivity contribution in [3.63, 3.8) is 0 Å². The highest BCUT2D eigenvalue weighted by atomic mass is 32.2. The van der Waals surface area contributed by atoms with Crippen LogP contribution < -0.4 is 0 Å². The minimum atomic E-state index is 1.22. The minimum absolute atomic E-state index is 1.22. The standard InChI is InChI=1S/C9H7NS.C8H6S/c1-2-6-9-8(4-1)5-3-7-10-11-9;1-2-4-8-7(3-1)5-6-9-8/h1-7H;1-6H. The molecule has 0 bridgehead atoms. The zero-order valence-electron chi connectivity index (χ0n) is 10.8. The molecule has 0 N–H and O–H groups in total. The monoisotopic (exact) mass is 295 g/mol. The molecule has 0 aliphatic carbocycles. The van der Waals surface area contributed by atoms with E-state index in [2.05, 4.69) is 58.3 Å². The Morgan fingerprint density at radius 2 is 1.70 bits per heavy atom. The van der Waals surface area contributed by atoms with Crippen molar-refractivity contribution in [1.82, 2.24) is 0 Å². The van der Waals surface area contributed by atoms with Crippen molar-refractivity contribution in [3.05, 3.63) is 71.6 Å². The highest BCUT2D eigenvalue weighted by Gasteiger charge is 1.98. The molecule has 0 spiro atoms. The van der Waals surface area contributed by atoms with Crippen molar-refractivity contribution in [1.29, 1.82) is 0 Å². The number of benzene rings is 2. The number of fused-ring (bicyclic) bond motifs is 2. The second-order valence-corrected chi connectivity index (χ2v) is 5.98. The predicted octanol–water partition coefficient (Wildman–Crippen LogP) is 5.69. The van der Waals surface area contributed by atoms with Crippen molar-refractivity contribution >= 4 is 45.7 Å². The summed E-state index contributed by atoms with van der Waals surface area (Å²) in [4.78, 5) is 1.22. The average molecular weight is 295 g/mol. The lowest BCUT2D eigenvalue weighted by Crippen LogP contribution is -1.73. The summed E-state index contributed by atoms with van der Waals surface area (Å²) in [5.74, 6) is 0. The van der Waals surface area contributed by atoms with Gasteiger partial charge < -0.3 is 0 Å². The molecular weight excluding hydrogens is 282 g/mol. The maximum absolute atomic E-state index is 4.12. The topological polar surface area (TPSA) is 12.4 Å². The lowest BCUT2D eigenvalue weighted by molar-refractivity contribution is 1.43. The molecule has 1 aromatic heterocycles. The van der Waals surface area contributed by atoms with Gasteiger partial charge in [-0.1, -0.05) is 42.5 Å². The maximum Gasteiger partial charge on any atom is 0.0377 e. The smallest absolute Gasteiger partial charge is 0.0377 e. The Kier molecular flexibility index (Phi) is 4.31. The fourth-order valence-corrected chi connectivity index (χ4v) is 3.29. The summed E-state index contributed by atoms with van der Waals surface area (Å²) in [5.41, 5.74) is 1.25. The molecule has 1 aliphatic heterocycles. The molecule has 0 saturated carbocycles. The Labute approximate surface area is 126 Å². The summed E-state index contributed by atoms with van der Waals surface area (Å²) >= 11 is 3.30. The third-order valence-electron chi connectivity index (χ3n) is 2.85. The molecule has 20 heavy (non-hydrogen) atoms. The van der Waals surface area contributed by atoms with Gasteiger partial charge in [-0.25, -0.2) is 4.40 Å². The van der Waals surface area contributed by atoms with Crippen LogP contribution >= 0.6 is 23.3 Å². The first-order valence-corrected chi connectivity index (χ1v) is 7.97. The Morgan fingerprint density at radius 1 is 0.850 bits per heavy atom. The van der Waals surface area contributed by atoms with E-state index in [1.54, 1.807) is 11.3 Å². The van der Waals surface area contributed by atoms with Gasteiger partial charge in [0.1, 0.15) is 0 Å². The van der Waals surface area contributed by atoms with Gasteiger partial charge in [-0.05, 0) is 40.6 Å². The summed E-state index contributed by atoms with van der Waals surface area (Å²) in [6.45, 7) is 0. The van der Waals surface area contributed by atoms with E-state index in [0.717, 1.165) is 0 Å². The molecule has 0 amide bonds.